The highest BCUT2D eigenvalue weighted by molar-refractivity contribution is 7.89. The molecule has 3 rings (SSSR count). The molecule has 184 valence electrons. The third-order valence-corrected chi connectivity index (χ3v) is 7.15. The Kier molecular flexibility index (Phi) is 7.93. The van der Waals surface area contributed by atoms with Gasteiger partial charge in [0, 0.05) is 37.9 Å². The minimum absolute atomic E-state index is 0.145. The maximum atomic E-state index is 13.2. The van der Waals surface area contributed by atoms with E-state index >= 15 is 0 Å². The number of amides is 2. The van der Waals surface area contributed by atoms with Crippen molar-refractivity contribution >= 4 is 21.8 Å². The van der Waals surface area contributed by atoms with Gasteiger partial charge in [-0.1, -0.05) is 18.2 Å². The van der Waals surface area contributed by atoms with Crippen LogP contribution in [0.3, 0.4) is 0 Å². The Morgan fingerprint density at radius 1 is 1.15 bits per heavy atom. The van der Waals surface area contributed by atoms with Gasteiger partial charge in [-0.2, -0.15) is 17.9 Å². The summed E-state index contributed by atoms with van der Waals surface area (Å²) >= 11 is 0. The van der Waals surface area contributed by atoms with Gasteiger partial charge < -0.3 is 10.2 Å². The van der Waals surface area contributed by atoms with Crippen molar-refractivity contribution in [1.29, 1.82) is 0 Å². The van der Waals surface area contributed by atoms with Crippen LogP contribution in [0, 0.1) is 5.92 Å². The number of hydrogen-bond acceptors (Lipinski definition) is 5. The molecule has 0 unspecified atom stereocenters. The monoisotopic (exact) mass is 498 g/mol. The number of benzene rings is 1. The molecule has 1 aromatic heterocycles. The summed E-state index contributed by atoms with van der Waals surface area (Å²) in [4.78, 5) is 29.6. The van der Waals surface area contributed by atoms with E-state index in [2.05, 4.69) is 15.0 Å². The number of sulfonamides is 1. The van der Waals surface area contributed by atoms with E-state index < -0.39 is 38.6 Å². The third kappa shape index (κ3) is 6.32. The molecule has 1 saturated heterocycles. The second-order valence-electron chi connectivity index (χ2n) is 8.02. The SMILES string of the molecule is C[C@H](NS(=O)(=O)c1ccccc1C(F)(F)F)C(=O)N1CCC(C(=O)NCc2cccnc2)CC1. The zero-order chi connectivity index (χ0) is 24.9. The molecule has 1 atom stereocenters. The van der Waals surface area contributed by atoms with Crippen LogP contribution >= 0.6 is 0 Å². The lowest BCUT2D eigenvalue weighted by Gasteiger charge is -2.33. The summed E-state index contributed by atoms with van der Waals surface area (Å²) in [5.41, 5.74) is -0.447. The second kappa shape index (κ2) is 10.5. The van der Waals surface area contributed by atoms with Gasteiger partial charge >= 0.3 is 6.18 Å². The van der Waals surface area contributed by atoms with Gasteiger partial charge in [-0.15, -0.1) is 0 Å². The quantitative estimate of drug-likeness (QED) is 0.609. The Labute approximate surface area is 195 Å². The molecule has 1 aliphatic heterocycles. The fourth-order valence-electron chi connectivity index (χ4n) is 3.75. The van der Waals surface area contributed by atoms with E-state index in [1.165, 1.54) is 17.9 Å². The molecule has 2 amide bonds. The van der Waals surface area contributed by atoms with Gasteiger partial charge in [-0.25, -0.2) is 8.42 Å². The number of nitrogens with one attached hydrogen (secondary N) is 2. The van der Waals surface area contributed by atoms with Gasteiger partial charge in [-0.05, 0) is 43.5 Å². The van der Waals surface area contributed by atoms with Crippen LogP contribution in [0.2, 0.25) is 0 Å². The number of nitrogens with zero attached hydrogens (tertiary/aromatic N) is 2. The summed E-state index contributed by atoms with van der Waals surface area (Å²) in [5, 5.41) is 2.84. The highest BCUT2D eigenvalue weighted by Gasteiger charge is 2.38. The average molecular weight is 499 g/mol. The van der Waals surface area contributed by atoms with E-state index in [1.807, 2.05) is 6.07 Å². The smallest absolute Gasteiger partial charge is 0.352 e. The molecule has 1 aromatic carbocycles. The fraction of sp³-hybridized carbons (Fsp3) is 0.409. The standard InChI is InChI=1S/C22H25F3N4O4S/c1-15(28-34(32,33)19-7-3-2-6-18(19)22(23,24)25)21(31)29-11-8-17(9-12-29)20(30)27-14-16-5-4-10-26-13-16/h2-7,10,13,15,17,28H,8-9,11-12,14H2,1H3,(H,27,30)/t15-/m0/s1. The van der Waals surface area contributed by atoms with E-state index in [0.29, 0.717) is 25.5 Å². The van der Waals surface area contributed by atoms with Gasteiger partial charge in [0.05, 0.1) is 16.5 Å². The summed E-state index contributed by atoms with van der Waals surface area (Å²) in [6, 6.07) is 6.12. The molecule has 34 heavy (non-hydrogen) atoms. The van der Waals surface area contributed by atoms with E-state index in [9.17, 15) is 31.2 Å². The predicted molar refractivity (Wildman–Crippen MR) is 117 cm³/mol. The maximum Gasteiger partial charge on any atom is 0.417 e. The van der Waals surface area contributed by atoms with Crippen LogP contribution < -0.4 is 10.0 Å². The molecule has 0 aliphatic carbocycles. The number of pyridine rings is 1. The number of hydrogen-bond donors (Lipinski definition) is 2. The molecule has 2 aromatic rings. The minimum atomic E-state index is -4.86. The molecule has 1 fully saturated rings. The van der Waals surface area contributed by atoms with Crippen molar-refractivity contribution < 1.29 is 31.2 Å². The normalized spacial score (nSPS) is 16.2. The van der Waals surface area contributed by atoms with Crippen LogP contribution in [0.4, 0.5) is 13.2 Å². The summed E-state index contributed by atoms with van der Waals surface area (Å²) in [7, 11) is -4.60. The molecule has 2 heterocycles. The Bertz CT molecular complexity index is 1120. The molecule has 0 radical (unpaired) electrons. The van der Waals surface area contributed by atoms with Crippen molar-refractivity contribution in [2.75, 3.05) is 13.1 Å². The molecular weight excluding hydrogens is 473 g/mol. The van der Waals surface area contributed by atoms with Crippen molar-refractivity contribution in [1.82, 2.24) is 19.9 Å². The van der Waals surface area contributed by atoms with E-state index in [1.54, 1.807) is 18.5 Å². The number of rotatable bonds is 7. The number of carbonyl (C=O) groups is 2. The fourth-order valence-corrected chi connectivity index (χ4v) is 5.18. The molecule has 2 N–H and O–H groups in total. The van der Waals surface area contributed by atoms with Crippen molar-refractivity contribution in [3.8, 4) is 0 Å². The first-order valence-electron chi connectivity index (χ1n) is 10.6. The minimum Gasteiger partial charge on any atom is -0.352 e. The highest BCUT2D eigenvalue weighted by Crippen LogP contribution is 2.34. The number of likely N-dealkylation sites (tertiary alicyclic amines) is 1. The average Bonchev–Trinajstić information content (AvgIpc) is 2.82. The van der Waals surface area contributed by atoms with Crippen molar-refractivity contribution in [2.45, 2.75) is 43.4 Å². The molecule has 8 nitrogen and oxygen atoms in total. The van der Waals surface area contributed by atoms with Crippen molar-refractivity contribution in [3.05, 3.63) is 59.9 Å². The predicted octanol–water partition coefficient (Wildman–Crippen LogP) is 2.32. The lowest BCUT2D eigenvalue weighted by atomic mass is 9.95. The molecule has 12 heteroatoms. The number of carbonyl (C=O) groups excluding carboxylic acids is 2. The highest BCUT2D eigenvalue weighted by atomic mass is 32.2. The molecule has 1 aliphatic rings. The topological polar surface area (TPSA) is 108 Å². The summed E-state index contributed by atoms with van der Waals surface area (Å²) in [6.45, 7) is 2.08. The van der Waals surface area contributed by atoms with Crippen LogP contribution in [-0.4, -0.2) is 49.2 Å². The molecular formula is C22H25F3N4O4S. The molecule has 0 saturated carbocycles. The zero-order valence-corrected chi connectivity index (χ0v) is 19.2. The maximum absolute atomic E-state index is 13.2. The van der Waals surface area contributed by atoms with Gasteiger partial charge in [0.1, 0.15) is 0 Å². The van der Waals surface area contributed by atoms with Crippen molar-refractivity contribution in [2.24, 2.45) is 5.92 Å². The number of piperidine rings is 1. The first-order chi connectivity index (χ1) is 16.0. The van der Waals surface area contributed by atoms with Crippen LogP contribution in [0.25, 0.3) is 0 Å². The number of halogens is 3. The summed E-state index contributed by atoms with van der Waals surface area (Å²) in [5.74, 6) is -1.01. The van der Waals surface area contributed by atoms with Crippen LogP contribution in [0.5, 0.6) is 0 Å². The number of aromatic nitrogens is 1. The zero-order valence-electron chi connectivity index (χ0n) is 18.4. The van der Waals surface area contributed by atoms with Crippen LogP contribution in [-0.2, 0) is 32.3 Å². The summed E-state index contributed by atoms with van der Waals surface area (Å²) in [6.07, 6.45) is -0.800. The van der Waals surface area contributed by atoms with Gasteiger partial charge in [0.25, 0.3) is 0 Å². The van der Waals surface area contributed by atoms with Crippen LogP contribution in [0.15, 0.2) is 53.7 Å². The number of alkyl halides is 3. The first kappa shape index (κ1) is 25.6. The Morgan fingerprint density at radius 3 is 2.44 bits per heavy atom. The van der Waals surface area contributed by atoms with Crippen molar-refractivity contribution in [3.63, 3.8) is 0 Å². The van der Waals surface area contributed by atoms with E-state index in [0.717, 1.165) is 17.7 Å². The Balaban J connectivity index is 1.55. The lowest BCUT2D eigenvalue weighted by molar-refractivity contribution is -0.139. The molecule has 0 bridgehead atoms. The van der Waals surface area contributed by atoms with Crippen LogP contribution in [0.1, 0.15) is 30.9 Å². The first-order valence-corrected chi connectivity index (χ1v) is 12.1. The largest absolute Gasteiger partial charge is 0.417 e. The van der Waals surface area contributed by atoms with Gasteiger partial charge in [0.2, 0.25) is 21.8 Å². The van der Waals surface area contributed by atoms with E-state index in [-0.39, 0.29) is 24.9 Å². The second-order valence-corrected chi connectivity index (χ2v) is 9.70. The summed E-state index contributed by atoms with van der Waals surface area (Å²) < 4.78 is 66.9. The molecule has 0 spiro atoms. The third-order valence-electron chi connectivity index (χ3n) is 5.55. The Hall–Kier alpha value is -2.99. The Morgan fingerprint density at radius 2 is 1.82 bits per heavy atom. The van der Waals surface area contributed by atoms with E-state index in [4.69, 9.17) is 0 Å². The van der Waals surface area contributed by atoms with Gasteiger partial charge in [-0.3, -0.25) is 14.6 Å². The van der Waals surface area contributed by atoms with Gasteiger partial charge in [0.15, 0.2) is 0 Å². The lowest BCUT2D eigenvalue weighted by Crippen LogP contribution is -2.50.